The standard InChI is InChI=1S/C12H12F4N4/c1-2-20-11(18-7-19-20)6-17-8-3-4-10(13)9(5-8)12(14,15)16/h3-5,7,17H,2,6H2,1H3. The van der Waals surface area contributed by atoms with Crippen LogP contribution >= 0.6 is 0 Å². The van der Waals surface area contributed by atoms with Gasteiger partial charge in [0, 0.05) is 12.2 Å². The molecule has 0 saturated heterocycles. The fourth-order valence-corrected chi connectivity index (χ4v) is 1.72. The van der Waals surface area contributed by atoms with E-state index < -0.39 is 17.6 Å². The largest absolute Gasteiger partial charge is 0.419 e. The predicted molar refractivity (Wildman–Crippen MR) is 64.4 cm³/mol. The lowest BCUT2D eigenvalue weighted by Crippen LogP contribution is -2.11. The fourth-order valence-electron chi connectivity index (χ4n) is 1.72. The molecular formula is C12H12F4N4. The Morgan fingerprint density at radius 2 is 2.05 bits per heavy atom. The van der Waals surface area contributed by atoms with Crippen molar-refractivity contribution in [3.05, 3.63) is 41.7 Å². The van der Waals surface area contributed by atoms with Gasteiger partial charge in [0.15, 0.2) is 0 Å². The number of benzene rings is 1. The van der Waals surface area contributed by atoms with Crippen LogP contribution in [-0.4, -0.2) is 14.8 Å². The lowest BCUT2D eigenvalue weighted by Gasteiger charge is -2.11. The Bertz CT molecular complexity index is 591. The van der Waals surface area contributed by atoms with Crippen molar-refractivity contribution in [3.8, 4) is 0 Å². The van der Waals surface area contributed by atoms with Gasteiger partial charge in [0.2, 0.25) is 0 Å². The van der Waals surface area contributed by atoms with Gasteiger partial charge in [0.05, 0.1) is 12.1 Å². The Balaban J connectivity index is 2.15. The molecule has 20 heavy (non-hydrogen) atoms. The minimum absolute atomic E-state index is 0.171. The van der Waals surface area contributed by atoms with Crippen LogP contribution in [-0.2, 0) is 19.3 Å². The molecule has 4 nitrogen and oxygen atoms in total. The van der Waals surface area contributed by atoms with E-state index in [0.717, 1.165) is 12.1 Å². The number of hydrogen-bond donors (Lipinski definition) is 1. The maximum atomic E-state index is 13.1. The number of anilines is 1. The summed E-state index contributed by atoms with van der Waals surface area (Å²) in [6.07, 6.45) is -3.35. The molecule has 0 aliphatic rings. The van der Waals surface area contributed by atoms with Gasteiger partial charge >= 0.3 is 6.18 Å². The zero-order valence-corrected chi connectivity index (χ0v) is 10.6. The van der Waals surface area contributed by atoms with Crippen molar-refractivity contribution in [1.82, 2.24) is 14.8 Å². The molecule has 0 unspecified atom stereocenters. The molecule has 0 aliphatic heterocycles. The highest BCUT2D eigenvalue weighted by Gasteiger charge is 2.34. The Hall–Kier alpha value is -2.12. The number of alkyl halides is 3. The van der Waals surface area contributed by atoms with Gasteiger partial charge in [-0.1, -0.05) is 0 Å². The summed E-state index contributed by atoms with van der Waals surface area (Å²) < 4.78 is 52.4. The number of aryl methyl sites for hydroxylation is 1. The first-order valence-corrected chi connectivity index (χ1v) is 5.89. The molecule has 0 amide bonds. The van der Waals surface area contributed by atoms with Crippen LogP contribution in [0.2, 0.25) is 0 Å². The highest BCUT2D eigenvalue weighted by Crippen LogP contribution is 2.33. The molecule has 0 atom stereocenters. The van der Waals surface area contributed by atoms with Crippen molar-refractivity contribution in [2.24, 2.45) is 0 Å². The summed E-state index contributed by atoms with van der Waals surface area (Å²) in [5.41, 5.74) is -1.12. The van der Waals surface area contributed by atoms with Gasteiger partial charge in [-0.2, -0.15) is 18.3 Å². The molecular weight excluding hydrogens is 276 g/mol. The normalized spacial score (nSPS) is 11.7. The van der Waals surface area contributed by atoms with Crippen LogP contribution in [0.1, 0.15) is 18.3 Å². The zero-order chi connectivity index (χ0) is 14.8. The van der Waals surface area contributed by atoms with E-state index in [2.05, 4.69) is 15.4 Å². The molecule has 1 N–H and O–H groups in total. The van der Waals surface area contributed by atoms with Crippen molar-refractivity contribution in [2.75, 3.05) is 5.32 Å². The molecule has 1 aromatic carbocycles. The van der Waals surface area contributed by atoms with Crippen molar-refractivity contribution in [1.29, 1.82) is 0 Å². The van der Waals surface area contributed by atoms with E-state index in [1.54, 1.807) is 4.68 Å². The molecule has 0 fully saturated rings. The first kappa shape index (κ1) is 14.3. The maximum Gasteiger partial charge on any atom is 0.419 e. The first-order chi connectivity index (χ1) is 9.41. The van der Waals surface area contributed by atoms with E-state index >= 15 is 0 Å². The van der Waals surface area contributed by atoms with Crippen LogP contribution in [0.4, 0.5) is 23.2 Å². The van der Waals surface area contributed by atoms with Gasteiger partial charge in [0.1, 0.15) is 18.0 Å². The van der Waals surface area contributed by atoms with Gasteiger partial charge in [-0.15, -0.1) is 0 Å². The Morgan fingerprint density at radius 3 is 2.70 bits per heavy atom. The SMILES string of the molecule is CCn1ncnc1CNc1ccc(F)c(C(F)(F)F)c1. The number of aromatic nitrogens is 3. The minimum atomic E-state index is -4.72. The molecule has 2 rings (SSSR count). The number of nitrogens with zero attached hydrogens (tertiary/aromatic N) is 3. The highest BCUT2D eigenvalue weighted by molar-refractivity contribution is 5.47. The fraction of sp³-hybridized carbons (Fsp3) is 0.333. The Labute approximate surface area is 112 Å². The highest BCUT2D eigenvalue weighted by atomic mass is 19.4. The van der Waals surface area contributed by atoms with Crippen molar-refractivity contribution >= 4 is 5.69 Å². The first-order valence-electron chi connectivity index (χ1n) is 5.89. The second-order valence-electron chi connectivity index (χ2n) is 4.04. The van der Waals surface area contributed by atoms with Crippen molar-refractivity contribution in [2.45, 2.75) is 26.2 Å². The lowest BCUT2D eigenvalue weighted by molar-refractivity contribution is -0.139. The van der Waals surface area contributed by atoms with E-state index in [1.807, 2.05) is 6.92 Å². The average Bonchev–Trinajstić information content (AvgIpc) is 2.84. The number of nitrogens with one attached hydrogen (secondary N) is 1. The van der Waals surface area contributed by atoms with E-state index in [-0.39, 0.29) is 12.2 Å². The third-order valence-electron chi connectivity index (χ3n) is 2.72. The number of hydrogen-bond acceptors (Lipinski definition) is 3. The lowest BCUT2D eigenvalue weighted by atomic mass is 10.2. The molecule has 0 bridgehead atoms. The summed E-state index contributed by atoms with van der Waals surface area (Å²) in [6.45, 7) is 2.68. The van der Waals surface area contributed by atoms with Crippen LogP contribution in [0.25, 0.3) is 0 Å². The van der Waals surface area contributed by atoms with Gasteiger partial charge < -0.3 is 5.32 Å². The topological polar surface area (TPSA) is 42.7 Å². The van der Waals surface area contributed by atoms with Crippen molar-refractivity contribution < 1.29 is 17.6 Å². The van der Waals surface area contributed by atoms with Gasteiger partial charge in [-0.25, -0.2) is 14.1 Å². The molecule has 1 heterocycles. The molecule has 1 aromatic heterocycles. The molecule has 0 saturated carbocycles. The maximum absolute atomic E-state index is 13.1. The summed E-state index contributed by atoms with van der Waals surface area (Å²) in [5, 5.41) is 6.71. The summed E-state index contributed by atoms with van der Waals surface area (Å²) in [7, 11) is 0. The Morgan fingerprint density at radius 1 is 1.30 bits per heavy atom. The third kappa shape index (κ3) is 3.06. The summed E-state index contributed by atoms with van der Waals surface area (Å²) in [5.74, 6) is -0.704. The molecule has 2 aromatic rings. The summed E-state index contributed by atoms with van der Waals surface area (Å²) in [6, 6.07) is 2.77. The van der Waals surface area contributed by atoms with E-state index in [9.17, 15) is 17.6 Å². The number of halogens is 4. The molecule has 8 heteroatoms. The molecule has 0 radical (unpaired) electrons. The summed E-state index contributed by atoms with van der Waals surface area (Å²) in [4.78, 5) is 3.98. The predicted octanol–water partition coefficient (Wildman–Crippen LogP) is 3.07. The van der Waals surface area contributed by atoms with Crippen LogP contribution in [0, 0.1) is 5.82 Å². The minimum Gasteiger partial charge on any atom is -0.378 e. The quantitative estimate of drug-likeness (QED) is 0.879. The Kier molecular flexibility index (Phi) is 3.91. The smallest absolute Gasteiger partial charge is 0.378 e. The molecule has 0 aliphatic carbocycles. The summed E-state index contributed by atoms with van der Waals surface area (Å²) >= 11 is 0. The van der Waals surface area contributed by atoms with Crippen LogP contribution in [0.3, 0.4) is 0 Å². The van der Waals surface area contributed by atoms with Gasteiger partial charge in [-0.05, 0) is 25.1 Å². The van der Waals surface area contributed by atoms with Crippen LogP contribution in [0.15, 0.2) is 24.5 Å². The van der Waals surface area contributed by atoms with E-state index in [4.69, 9.17) is 0 Å². The van der Waals surface area contributed by atoms with E-state index in [1.165, 1.54) is 12.4 Å². The second-order valence-corrected chi connectivity index (χ2v) is 4.04. The third-order valence-corrected chi connectivity index (χ3v) is 2.72. The zero-order valence-electron chi connectivity index (χ0n) is 10.6. The van der Waals surface area contributed by atoms with E-state index in [0.29, 0.717) is 12.4 Å². The molecule has 0 spiro atoms. The van der Waals surface area contributed by atoms with Gasteiger partial charge in [-0.3, -0.25) is 0 Å². The van der Waals surface area contributed by atoms with Crippen molar-refractivity contribution in [3.63, 3.8) is 0 Å². The monoisotopic (exact) mass is 288 g/mol. The second kappa shape index (κ2) is 5.48. The van der Waals surface area contributed by atoms with Crippen LogP contribution < -0.4 is 5.32 Å². The number of rotatable bonds is 4. The average molecular weight is 288 g/mol. The van der Waals surface area contributed by atoms with Crippen LogP contribution in [0.5, 0.6) is 0 Å². The van der Waals surface area contributed by atoms with Gasteiger partial charge in [0.25, 0.3) is 0 Å². The molecule has 108 valence electrons.